The number of hydrogen-bond donors (Lipinski definition) is 0. The summed E-state index contributed by atoms with van der Waals surface area (Å²) in [7, 11) is 4.56. The molecule has 0 unspecified atom stereocenters. The van der Waals surface area contributed by atoms with E-state index in [4.69, 9.17) is 42.1 Å². The number of methoxy groups -OCH3 is 3. The lowest BCUT2D eigenvalue weighted by Gasteiger charge is -2.12. The molecule has 8 heteroatoms. The Morgan fingerprint density at radius 2 is 1.62 bits per heavy atom. The molecule has 0 amide bonds. The normalized spacial score (nSPS) is 14.9. The maximum absolute atomic E-state index is 12.2. The largest absolute Gasteiger partial charge is 0.496 e. The minimum atomic E-state index is -0.585. The molecule has 1 aliphatic rings. The Labute approximate surface area is 178 Å². The SMILES string of the molecule is COc1cc(OC)c(OC)cc1C=C1N=C(C=Cc2cccc(Cl)c2Cl)OC1=O. The van der Waals surface area contributed by atoms with E-state index in [0.717, 1.165) is 0 Å². The standard InChI is InChI=1S/C21H17Cl2NO5/c1-26-16-11-18(28-3)17(27-2)10-13(16)9-15-21(25)29-19(24-15)8-7-12-5-4-6-14(22)20(12)23/h4-11H,1-3H3. The minimum absolute atomic E-state index is 0.118. The molecule has 0 radical (unpaired) electrons. The zero-order valence-electron chi connectivity index (χ0n) is 15.9. The minimum Gasteiger partial charge on any atom is -0.496 e. The van der Waals surface area contributed by atoms with Crippen LogP contribution in [0.1, 0.15) is 11.1 Å². The third-order valence-electron chi connectivity index (χ3n) is 4.05. The van der Waals surface area contributed by atoms with E-state index in [1.165, 1.54) is 21.3 Å². The van der Waals surface area contributed by atoms with Gasteiger partial charge in [0.1, 0.15) is 5.75 Å². The Hall–Kier alpha value is -2.96. The topological polar surface area (TPSA) is 66.3 Å². The zero-order valence-corrected chi connectivity index (χ0v) is 17.4. The molecule has 0 aromatic heterocycles. The van der Waals surface area contributed by atoms with Gasteiger partial charge in [0.05, 0.1) is 31.4 Å². The molecule has 6 nitrogen and oxygen atoms in total. The summed E-state index contributed by atoms with van der Waals surface area (Å²) in [5.41, 5.74) is 1.38. The van der Waals surface area contributed by atoms with Gasteiger partial charge in [-0.25, -0.2) is 9.79 Å². The van der Waals surface area contributed by atoms with Crippen LogP contribution >= 0.6 is 23.2 Å². The summed E-state index contributed by atoms with van der Waals surface area (Å²) in [6.07, 6.45) is 4.76. The number of carbonyl (C=O) groups excluding carboxylic acids is 1. The molecular weight excluding hydrogens is 417 g/mol. The summed E-state index contributed by atoms with van der Waals surface area (Å²) < 4.78 is 21.1. The van der Waals surface area contributed by atoms with Crippen LogP contribution in [0.4, 0.5) is 0 Å². The van der Waals surface area contributed by atoms with Crippen molar-refractivity contribution in [2.45, 2.75) is 0 Å². The second-order valence-electron chi connectivity index (χ2n) is 5.79. The van der Waals surface area contributed by atoms with E-state index in [2.05, 4.69) is 4.99 Å². The van der Waals surface area contributed by atoms with Crippen molar-refractivity contribution in [2.24, 2.45) is 4.99 Å². The van der Waals surface area contributed by atoms with Crippen molar-refractivity contribution in [3.8, 4) is 17.2 Å². The molecule has 0 N–H and O–H groups in total. The highest BCUT2D eigenvalue weighted by molar-refractivity contribution is 6.42. The molecule has 0 aliphatic carbocycles. The van der Waals surface area contributed by atoms with E-state index in [1.54, 1.807) is 48.6 Å². The summed E-state index contributed by atoms with van der Waals surface area (Å²) >= 11 is 12.2. The predicted octanol–water partition coefficient (Wildman–Crippen LogP) is 5.03. The van der Waals surface area contributed by atoms with Gasteiger partial charge in [0.25, 0.3) is 0 Å². The van der Waals surface area contributed by atoms with Gasteiger partial charge in [-0.1, -0.05) is 35.3 Å². The van der Waals surface area contributed by atoms with Gasteiger partial charge >= 0.3 is 5.97 Å². The van der Waals surface area contributed by atoms with Gasteiger partial charge in [-0.15, -0.1) is 0 Å². The third-order valence-corrected chi connectivity index (χ3v) is 4.89. The van der Waals surface area contributed by atoms with Crippen LogP contribution < -0.4 is 14.2 Å². The molecule has 2 aromatic carbocycles. The maximum atomic E-state index is 12.2. The third kappa shape index (κ3) is 4.55. The number of benzene rings is 2. The van der Waals surface area contributed by atoms with Crippen LogP contribution in [-0.4, -0.2) is 33.2 Å². The van der Waals surface area contributed by atoms with Gasteiger partial charge in [-0.05, 0) is 29.8 Å². The van der Waals surface area contributed by atoms with Gasteiger partial charge in [0.15, 0.2) is 17.2 Å². The van der Waals surface area contributed by atoms with Crippen molar-refractivity contribution in [1.82, 2.24) is 0 Å². The summed E-state index contributed by atoms with van der Waals surface area (Å²) in [5.74, 6) is 1.04. The number of halogens is 2. The van der Waals surface area contributed by atoms with Gasteiger partial charge in [0, 0.05) is 17.7 Å². The van der Waals surface area contributed by atoms with Gasteiger partial charge in [-0.3, -0.25) is 0 Å². The van der Waals surface area contributed by atoms with Crippen LogP contribution in [0.3, 0.4) is 0 Å². The summed E-state index contributed by atoms with van der Waals surface area (Å²) in [6.45, 7) is 0. The number of cyclic esters (lactones) is 1. The number of aliphatic imine (C=N–C) groups is 1. The zero-order chi connectivity index (χ0) is 21.0. The van der Waals surface area contributed by atoms with E-state index >= 15 is 0 Å². The van der Waals surface area contributed by atoms with E-state index < -0.39 is 5.97 Å². The molecule has 1 aliphatic heterocycles. The molecule has 29 heavy (non-hydrogen) atoms. The first kappa shape index (κ1) is 20.8. The Morgan fingerprint density at radius 1 is 0.931 bits per heavy atom. The summed E-state index contributed by atoms with van der Waals surface area (Å²) in [6, 6.07) is 8.59. The number of nitrogens with zero attached hydrogens (tertiary/aromatic N) is 1. The first-order chi connectivity index (χ1) is 14.0. The number of ether oxygens (including phenoxy) is 4. The number of hydrogen-bond acceptors (Lipinski definition) is 6. The Bertz CT molecular complexity index is 1040. The fourth-order valence-electron chi connectivity index (χ4n) is 2.62. The Morgan fingerprint density at radius 3 is 2.31 bits per heavy atom. The summed E-state index contributed by atoms with van der Waals surface area (Å²) in [4.78, 5) is 16.4. The molecule has 3 rings (SSSR count). The average molecular weight is 434 g/mol. The predicted molar refractivity (Wildman–Crippen MR) is 113 cm³/mol. The van der Waals surface area contributed by atoms with Crippen LogP contribution in [0, 0.1) is 0 Å². The van der Waals surface area contributed by atoms with Gasteiger partial charge in [-0.2, -0.15) is 0 Å². The molecule has 0 bridgehead atoms. The van der Waals surface area contributed by atoms with Crippen LogP contribution in [0.25, 0.3) is 12.2 Å². The molecule has 0 saturated heterocycles. The smallest absolute Gasteiger partial charge is 0.363 e. The average Bonchev–Trinajstić information content (AvgIpc) is 3.07. The van der Waals surface area contributed by atoms with Crippen molar-refractivity contribution in [1.29, 1.82) is 0 Å². The summed E-state index contributed by atoms with van der Waals surface area (Å²) in [5, 5.41) is 0.835. The second kappa shape index (κ2) is 9.03. The second-order valence-corrected chi connectivity index (χ2v) is 6.58. The van der Waals surface area contributed by atoms with Gasteiger partial charge in [0.2, 0.25) is 5.90 Å². The van der Waals surface area contributed by atoms with Crippen LogP contribution in [0.15, 0.2) is 47.1 Å². The maximum Gasteiger partial charge on any atom is 0.363 e. The number of rotatable bonds is 6. The molecule has 1 heterocycles. The molecule has 0 saturated carbocycles. The molecule has 0 spiro atoms. The Kier molecular flexibility index (Phi) is 6.46. The van der Waals surface area contributed by atoms with Crippen LogP contribution in [0.5, 0.6) is 17.2 Å². The molecular formula is C21H17Cl2NO5. The first-order valence-electron chi connectivity index (χ1n) is 8.41. The highest BCUT2D eigenvalue weighted by atomic mass is 35.5. The van der Waals surface area contributed by atoms with E-state index in [9.17, 15) is 4.79 Å². The quantitative estimate of drug-likeness (QED) is 0.472. The van der Waals surface area contributed by atoms with Crippen LogP contribution in [0.2, 0.25) is 10.0 Å². The van der Waals surface area contributed by atoms with Gasteiger partial charge < -0.3 is 18.9 Å². The molecule has 0 atom stereocenters. The molecule has 2 aromatic rings. The fraction of sp³-hybridized carbons (Fsp3) is 0.143. The van der Waals surface area contributed by atoms with Crippen molar-refractivity contribution in [3.05, 3.63) is 63.3 Å². The Balaban J connectivity index is 1.92. The first-order valence-corrected chi connectivity index (χ1v) is 9.17. The van der Waals surface area contributed by atoms with E-state index in [1.807, 2.05) is 0 Å². The lowest BCUT2D eigenvalue weighted by atomic mass is 10.1. The lowest BCUT2D eigenvalue weighted by molar-refractivity contribution is -0.129. The monoisotopic (exact) mass is 433 g/mol. The number of esters is 1. The van der Waals surface area contributed by atoms with Crippen molar-refractivity contribution in [2.75, 3.05) is 21.3 Å². The van der Waals surface area contributed by atoms with Crippen molar-refractivity contribution < 1.29 is 23.7 Å². The van der Waals surface area contributed by atoms with E-state index in [-0.39, 0.29) is 11.6 Å². The van der Waals surface area contributed by atoms with Crippen LogP contribution in [-0.2, 0) is 9.53 Å². The van der Waals surface area contributed by atoms with Crippen molar-refractivity contribution >= 4 is 47.2 Å². The molecule has 0 fully saturated rings. The molecule has 150 valence electrons. The highest BCUT2D eigenvalue weighted by Gasteiger charge is 2.22. The van der Waals surface area contributed by atoms with Crippen molar-refractivity contribution in [3.63, 3.8) is 0 Å². The number of carbonyl (C=O) groups is 1. The fourth-order valence-corrected chi connectivity index (χ4v) is 2.99. The lowest BCUT2D eigenvalue weighted by Crippen LogP contribution is -2.01. The van der Waals surface area contributed by atoms with E-state index in [0.29, 0.717) is 38.4 Å². The highest BCUT2D eigenvalue weighted by Crippen LogP contribution is 2.36.